The van der Waals surface area contributed by atoms with Gasteiger partial charge in [-0.25, -0.2) is 9.97 Å². The third kappa shape index (κ3) is 5.66. The van der Waals surface area contributed by atoms with Crippen molar-refractivity contribution in [3.05, 3.63) is 88.3 Å². The molecule has 0 saturated heterocycles. The first kappa shape index (κ1) is 24.9. The molecule has 0 radical (unpaired) electrons. The summed E-state index contributed by atoms with van der Waals surface area (Å²) in [6, 6.07) is 14.3. The highest BCUT2D eigenvalue weighted by molar-refractivity contribution is 5.92. The molecule has 2 aliphatic carbocycles. The number of benzene rings is 2. The molecule has 1 heterocycles. The number of nitrogen functional groups attached to an aromatic ring is 1. The molecule has 1 amide bonds. The lowest BCUT2D eigenvalue weighted by Gasteiger charge is -2.26. The molecular formula is C32H36N4O. The smallest absolute Gasteiger partial charge is 0.229 e. The van der Waals surface area contributed by atoms with Crippen molar-refractivity contribution in [2.24, 2.45) is 0 Å². The van der Waals surface area contributed by atoms with Crippen LogP contribution in [0.2, 0.25) is 0 Å². The van der Waals surface area contributed by atoms with E-state index in [-0.39, 0.29) is 5.91 Å². The molecule has 3 N–H and O–H groups in total. The lowest BCUT2D eigenvalue weighted by atomic mass is 9.85. The van der Waals surface area contributed by atoms with Crippen LogP contribution in [0.1, 0.15) is 79.4 Å². The summed E-state index contributed by atoms with van der Waals surface area (Å²) in [5, 5.41) is 3.16. The number of carbonyl (C=O) groups is 1. The molecule has 190 valence electrons. The average molecular weight is 493 g/mol. The highest BCUT2D eigenvalue weighted by Gasteiger charge is 2.27. The Hall–Kier alpha value is -3.73. The third-order valence-electron chi connectivity index (χ3n) is 7.66. The van der Waals surface area contributed by atoms with Gasteiger partial charge in [-0.2, -0.15) is 0 Å². The largest absolute Gasteiger partial charge is 0.399 e. The van der Waals surface area contributed by atoms with Gasteiger partial charge in [0.2, 0.25) is 5.91 Å². The van der Waals surface area contributed by atoms with Gasteiger partial charge in [0.05, 0.1) is 23.5 Å². The molecule has 5 heteroatoms. The highest BCUT2D eigenvalue weighted by atomic mass is 16.1. The second-order valence-corrected chi connectivity index (χ2v) is 10.3. The molecule has 37 heavy (non-hydrogen) atoms. The summed E-state index contributed by atoms with van der Waals surface area (Å²) >= 11 is 0. The predicted octanol–water partition coefficient (Wildman–Crippen LogP) is 7.17. The maximum atomic E-state index is 13.2. The Morgan fingerprint density at radius 3 is 2.68 bits per heavy atom. The zero-order valence-corrected chi connectivity index (χ0v) is 21.9. The van der Waals surface area contributed by atoms with Crippen LogP contribution >= 0.6 is 0 Å². The van der Waals surface area contributed by atoms with Gasteiger partial charge in [-0.1, -0.05) is 67.8 Å². The van der Waals surface area contributed by atoms with Crippen molar-refractivity contribution in [3.8, 4) is 11.3 Å². The maximum absolute atomic E-state index is 13.2. The zero-order valence-electron chi connectivity index (χ0n) is 21.9. The number of rotatable bonds is 6. The lowest BCUT2D eigenvalue weighted by Crippen LogP contribution is -2.20. The Morgan fingerprint density at radius 2 is 1.89 bits per heavy atom. The molecule has 2 aromatic carbocycles. The van der Waals surface area contributed by atoms with Gasteiger partial charge in [-0.05, 0) is 73.9 Å². The van der Waals surface area contributed by atoms with E-state index in [0.29, 0.717) is 18.2 Å². The van der Waals surface area contributed by atoms with Gasteiger partial charge in [-0.15, -0.1) is 0 Å². The first-order valence-electron chi connectivity index (χ1n) is 13.5. The summed E-state index contributed by atoms with van der Waals surface area (Å²) in [5.41, 5.74) is 15.4. The van der Waals surface area contributed by atoms with Crippen LogP contribution in [0.25, 0.3) is 17.3 Å². The Balaban J connectivity index is 1.41. The molecule has 1 saturated carbocycles. The fourth-order valence-electron chi connectivity index (χ4n) is 5.52. The van der Waals surface area contributed by atoms with Crippen LogP contribution in [-0.4, -0.2) is 15.9 Å². The van der Waals surface area contributed by atoms with Crippen LogP contribution in [0.5, 0.6) is 0 Å². The van der Waals surface area contributed by atoms with Crippen molar-refractivity contribution in [2.75, 3.05) is 11.1 Å². The molecule has 0 aliphatic heterocycles. The van der Waals surface area contributed by atoms with Crippen molar-refractivity contribution in [1.29, 1.82) is 0 Å². The molecule has 0 spiro atoms. The number of aromatic nitrogens is 2. The summed E-state index contributed by atoms with van der Waals surface area (Å²) in [5.74, 6) is 0.911. The average Bonchev–Trinajstić information content (AvgIpc) is 2.91. The van der Waals surface area contributed by atoms with Gasteiger partial charge < -0.3 is 11.1 Å². The monoisotopic (exact) mass is 492 g/mol. The number of fused-ring (bicyclic) bond motifs is 3. The number of carbonyl (C=O) groups excluding carboxylic acids is 1. The third-order valence-corrected chi connectivity index (χ3v) is 7.66. The van der Waals surface area contributed by atoms with Crippen molar-refractivity contribution >= 4 is 23.5 Å². The van der Waals surface area contributed by atoms with E-state index in [2.05, 4.69) is 42.6 Å². The molecule has 5 nitrogen and oxygen atoms in total. The van der Waals surface area contributed by atoms with E-state index in [1.165, 1.54) is 30.4 Å². The van der Waals surface area contributed by atoms with Crippen LogP contribution in [-0.2, 0) is 17.6 Å². The number of nitrogens with one attached hydrogen (secondary N) is 1. The Bertz CT molecular complexity index is 1370. The van der Waals surface area contributed by atoms with Gasteiger partial charge in [-0.3, -0.25) is 4.79 Å². The van der Waals surface area contributed by atoms with Gasteiger partial charge >= 0.3 is 0 Å². The fourth-order valence-corrected chi connectivity index (χ4v) is 5.52. The van der Waals surface area contributed by atoms with E-state index in [9.17, 15) is 4.79 Å². The fraction of sp³-hybridized carbons (Fsp3) is 0.344. The quantitative estimate of drug-likeness (QED) is 0.282. The van der Waals surface area contributed by atoms with E-state index in [1.807, 2.05) is 37.3 Å². The predicted molar refractivity (Wildman–Crippen MR) is 152 cm³/mol. The summed E-state index contributed by atoms with van der Waals surface area (Å²) < 4.78 is 0. The number of anilines is 2. The number of allylic oxidation sites excluding steroid dienone is 2. The van der Waals surface area contributed by atoms with E-state index < -0.39 is 0 Å². The van der Waals surface area contributed by atoms with Crippen LogP contribution in [0.15, 0.2) is 60.2 Å². The molecule has 1 aromatic heterocycles. The number of hydrogen-bond acceptors (Lipinski definition) is 4. The normalized spacial score (nSPS) is 15.9. The first-order chi connectivity index (χ1) is 18.0. The number of nitrogens with two attached hydrogens (primary N) is 1. The van der Waals surface area contributed by atoms with Crippen LogP contribution in [0.3, 0.4) is 0 Å². The van der Waals surface area contributed by atoms with Gasteiger partial charge in [0.1, 0.15) is 0 Å². The van der Waals surface area contributed by atoms with E-state index in [4.69, 9.17) is 15.7 Å². The zero-order chi connectivity index (χ0) is 25.8. The lowest BCUT2D eigenvalue weighted by molar-refractivity contribution is -0.115. The number of hydrogen-bond donors (Lipinski definition) is 2. The summed E-state index contributed by atoms with van der Waals surface area (Å²) in [6.07, 6.45) is 13.9. The Morgan fingerprint density at radius 1 is 1.08 bits per heavy atom. The van der Waals surface area contributed by atoms with E-state index in [0.717, 1.165) is 65.2 Å². The molecule has 5 rings (SSSR count). The number of amides is 1. The molecule has 1 fully saturated rings. The molecule has 3 aromatic rings. The van der Waals surface area contributed by atoms with Crippen LogP contribution < -0.4 is 11.1 Å². The summed E-state index contributed by atoms with van der Waals surface area (Å²) in [4.78, 5) is 23.5. The Labute approximate surface area is 219 Å². The van der Waals surface area contributed by atoms with Gasteiger partial charge in [0.15, 0.2) is 5.82 Å². The van der Waals surface area contributed by atoms with Gasteiger partial charge in [0.25, 0.3) is 0 Å². The molecule has 2 aliphatic rings. The molecule has 0 atom stereocenters. The molecular weight excluding hydrogens is 456 g/mol. The van der Waals surface area contributed by atoms with E-state index >= 15 is 0 Å². The second kappa shape index (κ2) is 11.1. The topological polar surface area (TPSA) is 80.9 Å². The number of aryl methyl sites for hydroxylation is 3. The van der Waals surface area contributed by atoms with E-state index in [1.54, 1.807) is 0 Å². The maximum Gasteiger partial charge on any atom is 0.229 e. The molecule has 0 bridgehead atoms. The first-order valence-corrected chi connectivity index (χ1v) is 13.5. The van der Waals surface area contributed by atoms with Crippen molar-refractivity contribution < 1.29 is 4.79 Å². The van der Waals surface area contributed by atoms with Crippen LogP contribution in [0.4, 0.5) is 11.5 Å². The summed E-state index contributed by atoms with van der Waals surface area (Å²) in [7, 11) is 0. The van der Waals surface area contributed by atoms with Crippen molar-refractivity contribution in [2.45, 2.75) is 71.1 Å². The van der Waals surface area contributed by atoms with Crippen molar-refractivity contribution in [3.63, 3.8) is 0 Å². The minimum Gasteiger partial charge on any atom is -0.399 e. The minimum absolute atomic E-state index is 0.0576. The minimum atomic E-state index is -0.0576. The highest BCUT2D eigenvalue weighted by Crippen LogP contribution is 2.39. The standard InChI is InChI=1S/C32H36N4O/c1-3-22(13-14-23-10-8-7-9-21(23)2)19-29(37)35-32-30(24-11-5-4-6-12-24)36-31-27-17-16-26(33)20-25(27)15-18-28(31)34-32/h3,7-10,13-14,16-17,20,24H,4-6,11-12,15,18-19,33H2,1-2H3,(H,34,35,37)/b14-13-,22-3+. The molecule has 0 unspecified atom stereocenters. The SMILES string of the molecule is C/C=C(\C=C/c1ccccc1C)CC(=O)Nc1nc2c(nc1C1CCCCC1)-c1ccc(N)cc1CC2. The van der Waals surface area contributed by atoms with Crippen molar-refractivity contribution in [1.82, 2.24) is 9.97 Å². The number of nitrogens with zero attached hydrogens (tertiary/aromatic N) is 2. The van der Waals surface area contributed by atoms with Crippen LogP contribution in [0, 0.1) is 6.92 Å². The second-order valence-electron chi connectivity index (χ2n) is 10.3. The Kier molecular flexibility index (Phi) is 7.50. The summed E-state index contributed by atoms with van der Waals surface area (Å²) in [6.45, 7) is 4.07. The van der Waals surface area contributed by atoms with Gasteiger partial charge in [0, 0.05) is 17.2 Å².